The van der Waals surface area contributed by atoms with Crippen LogP contribution >= 0.6 is 11.3 Å². The highest BCUT2D eigenvalue weighted by atomic mass is 32.1. The summed E-state index contributed by atoms with van der Waals surface area (Å²) in [7, 11) is 0. The predicted molar refractivity (Wildman–Crippen MR) is 208 cm³/mol. The molecule has 15 nitrogen and oxygen atoms in total. The van der Waals surface area contributed by atoms with Gasteiger partial charge in [0.1, 0.15) is 22.7 Å². The van der Waals surface area contributed by atoms with Crippen LogP contribution in [0.2, 0.25) is 0 Å². The van der Waals surface area contributed by atoms with Gasteiger partial charge in [-0.3, -0.25) is 23.9 Å². The maximum absolute atomic E-state index is 13.9. The Bertz CT molecular complexity index is 1550. The molecule has 0 radical (unpaired) electrons. The van der Waals surface area contributed by atoms with Crippen LogP contribution in [0.25, 0.3) is 0 Å². The lowest BCUT2D eigenvalue weighted by Crippen LogP contribution is -2.58. The van der Waals surface area contributed by atoms with Crippen molar-refractivity contribution in [3.05, 3.63) is 33.5 Å². The maximum Gasteiger partial charge on any atom is 0.407 e. The summed E-state index contributed by atoms with van der Waals surface area (Å²) >= 11 is 1.44. The third kappa shape index (κ3) is 15.7. The number of hydrogen-bond donors (Lipinski definition) is 6. The van der Waals surface area contributed by atoms with E-state index in [0.29, 0.717) is 19.4 Å². The number of aliphatic hydroxyl groups excluding tert-OH is 1. The number of ether oxygens (including phenoxy) is 1. The van der Waals surface area contributed by atoms with Crippen molar-refractivity contribution in [2.45, 2.75) is 145 Å². The van der Waals surface area contributed by atoms with E-state index in [1.54, 1.807) is 32.4 Å². The fourth-order valence-electron chi connectivity index (χ4n) is 5.79. The van der Waals surface area contributed by atoms with Gasteiger partial charge in [-0.15, -0.1) is 11.3 Å². The van der Waals surface area contributed by atoms with Gasteiger partial charge in [-0.1, -0.05) is 41.5 Å². The van der Waals surface area contributed by atoms with Gasteiger partial charge in [-0.05, 0) is 78.7 Å². The molecule has 0 aliphatic rings. The number of hydrogen-bond acceptors (Lipinski definition) is 10. The first kappa shape index (κ1) is 46.1. The molecule has 5 amide bonds. The summed E-state index contributed by atoms with van der Waals surface area (Å²) in [5.74, 6) is -3.17. The molecule has 16 heteroatoms. The van der Waals surface area contributed by atoms with Crippen LogP contribution in [0.5, 0.6) is 0 Å². The number of alkyl carbamates (subject to hydrolysis) is 1. The monoisotopic (exact) mass is 776 g/mol. The summed E-state index contributed by atoms with van der Waals surface area (Å²) in [5.41, 5.74) is 1.81. The van der Waals surface area contributed by atoms with Crippen molar-refractivity contribution in [1.29, 1.82) is 0 Å². The summed E-state index contributed by atoms with van der Waals surface area (Å²) in [4.78, 5) is 70.9. The molecule has 2 aromatic rings. The van der Waals surface area contributed by atoms with E-state index in [0.717, 1.165) is 22.1 Å². The molecule has 0 aliphatic carbocycles. The Hall–Kier alpha value is -4.05. The number of nitrogens with zero attached hydrogens (tertiary/aromatic N) is 3. The molecule has 0 saturated carbocycles. The van der Waals surface area contributed by atoms with Crippen LogP contribution in [-0.4, -0.2) is 86.0 Å². The van der Waals surface area contributed by atoms with Gasteiger partial charge in [0.2, 0.25) is 23.6 Å². The Morgan fingerprint density at radius 3 is 2.07 bits per heavy atom. The zero-order chi connectivity index (χ0) is 40.9. The van der Waals surface area contributed by atoms with Crippen molar-refractivity contribution in [2.75, 3.05) is 6.54 Å². The number of aliphatic hydroxyl groups is 1. The van der Waals surface area contributed by atoms with Crippen LogP contribution in [0.15, 0.2) is 11.4 Å². The molecule has 54 heavy (non-hydrogen) atoms. The van der Waals surface area contributed by atoms with Crippen LogP contribution in [-0.2, 0) is 37.0 Å². The van der Waals surface area contributed by atoms with Gasteiger partial charge in [-0.2, -0.15) is 5.10 Å². The first-order valence-electron chi connectivity index (χ1n) is 18.9. The highest BCUT2D eigenvalue weighted by molar-refractivity contribution is 7.09. The second-order valence-corrected chi connectivity index (χ2v) is 16.9. The van der Waals surface area contributed by atoms with Gasteiger partial charge < -0.3 is 36.4 Å². The first-order valence-corrected chi connectivity index (χ1v) is 19.7. The average molecular weight is 777 g/mol. The van der Waals surface area contributed by atoms with Gasteiger partial charge in [0.05, 0.1) is 43.4 Å². The van der Waals surface area contributed by atoms with Crippen LogP contribution in [0.4, 0.5) is 4.79 Å². The number of carbonyl (C=O) groups excluding carboxylic acids is 5. The molecule has 6 N–H and O–H groups in total. The minimum absolute atomic E-state index is 0.0118. The number of aryl methyl sites for hydroxylation is 3. The van der Waals surface area contributed by atoms with Gasteiger partial charge in [0.25, 0.3) is 0 Å². The molecule has 0 bridgehead atoms. The van der Waals surface area contributed by atoms with Gasteiger partial charge >= 0.3 is 6.09 Å². The largest absolute Gasteiger partial charge is 0.444 e. The third-order valence-corrected chi connectivity index (χ3v) is 9.70. The van der Waals surface area contributed by atoms with E-state index in [1.165, 1.54) is 11.3 Å². The lowest BCUT2D eigenvalue weighted by atomic mass is 9.91. The van der Waals surface area contributed by atoms with Crippen molar-refractivity contribution in [3.63, 3.8) is 0 Å². The van der Waals surface area contributed by atoms with E-state index in [9.17, 15) is 29.1 Å². The minimum Gasteiger partial charge on any atom is -0.444 e. The molecule has 6 unspecified atom stereocenters. The van der Waals surface area contributed by atoms with E-state index in [1.807, 2.05) is 66.8 Å². The van der Waals surface area contributed by atoms with Gasteiger partial charge in [0.15, 0.2) is 0 Å². The van der Waals surface area contributed by atoms with Gasteiger partial charge in [-0.25, -0.2) is 9.78 Å². The molecular weight excluding hydrogens is 713 g/mol. The molecule has 0 aromatic carbocycles. The summed E-state index contributed by atoms with van der Waals surface area (Å²) in [5, 5.41) is 32.5. The van der Waals surface area contributed by atoms with E-state index in [4.69, 9.17) is 4.74 Å². The zero-order valence-electron chi connectivity index (χ0n) is 34.2. The van der Waals surface area contributed by atoms with Crippen LogP contribution < -0.4 is 26.6 Å². The number of amides is 5. The van der Waals surface area contributed by atoms with Crippen LogP contribution in [0, 0.1) is 44.4 Å². The van der Waals surface area contributed by atoms with Crippen molar-refractivity contribution in [1.82, 2.24) is 41.3 Å². The molecule has 0 saturated heterocycles. The molecule has 0 aliphatic heterocycles. The summed E-state index contributed by atoms with van der Waals surface area (Å²) < 4.78 is 7.11. The lowest BCUT2D eigenvalue weighted by Gasteiger charge is -2.30. The molecule has 304 valence electrons. The molecule has 0 fully saturated rings. The highest BCUT2D eigenvalue weighted by Gasteiger charge is 2.33. The second kappa shape index (κ2) is 21.1. The Labute approximate surface area is 324 Å². The predicted octanol–water partition coefficient (Wildman–Crippen LogP) is 3.68. The number of nitrogens with one attached hydrogen (secondary N) is 5. The molecule has 2 aromatic heterocycles. The van der Waals surface area contributed by atoms with Crippen molar-refractivity contribution >= 4 is 41.1 Å². The summed E-state index contributed by atoms with van der Waals surface area (Å²) in [6.45, 7) is 22.1. The Kier molecular flexibility index (Phi) is 18.1. The quantitative estimate of drug-likeness (QED) is 0.116. The van der Waals surface area contributed by atoms with E-state index < -0.39 is 65.5 Å². The second-order valence-electron chi connectivity index (χ2n) is 15.9. The maximum atomic E-state index is 13.9. The first-order chi connectivity index (χ1) is 25.1. The number of thiazole rings is 1. The standard InChI is InChI=1S/C38H64N8O7S/c1-13-27(19-46-26(9)16-24(7)45-46)34(49)43-29(17-40-37(52)53-38(10,11)12)35(50)42-28(14-21(2)3)30(47)15-23(6)33(48)44-32(22(4)5)36(51)39-18-31-41-25(8)20-54-31/h16,20-23,27-30,32,47H,13-15,17-19H2,1-12H3,(H,39,51)(H,40,52)(H,42,50)(H,43,49)(H,44,48). The normalized spacial score (nSPS) is 15.1. The van der Waals surface area contributed by atoms with Crippen molar-refractivity contribution in [2.24, 2.45) is 23.7 Å². The Morgan fingerprint density at radius 1 is 0.889 bits per heavy atom. The topological polar surface area (TPSA) is 206 Å². The number of carbonyl (C=O) groups is 5. The van der Waals surface area contributed by atoms with Crippen LogP contribution in [0.1, 0.15) is 104 Å². The summed E-state index contributed by atoms with van der Waals surface area (Å²) in [6.07, 6.45) is -1.08. The molecule has 2 rings (SSSR count). The third-order valence-electron chi connectivity index (χ3n) is 8.73. The number of rotatable bonds is 20. The highest BCUT2D eigenvalue weighted by Crippen LogP contribution is 2.18. The Balaban J connectivity index is 2.18. The van der Waals surface area contributed by atoms with E-state index >= 15 is 0 Å². The fourth-order valence-corrected chi connectivity index (χ4v) is 6.50. The van der Waals surface area contributed by atoms with Crippen molar-refractivity contribution < 1.29 is 33.8 Å². The SMILES string of the molecule is CCC(Cn1nc(C)cc1C)C(=O)NC(CNC(=O)OC(C)(C)C)C(=O)NC(CC(C)C)C(O)CC(C)C(=O)NC(C(=O)NCc1nc(C)cs1)C(C)C. The molecule has 6 atom stereocenters. The molecule has 0 spiro atoms. The fraction of sp³-hybridized carbons (Fsp3) is 0.711. The average Bonchev–Trinajstić information content (AvgIpc) is 3.63. The Morgan fingerprint density at radius 2 is 1.56 bits per heavy atom. The van der Waals surface area contributed by atoms with Crippen LogP contribution in [0.3, 0.4) is 0 Å². The zero-order valence-corrected chi connectivity index (χ0v) is 35.0. The van der Waals surface area contributed by atoms with E-state index in [2.05, 4.69) is 36.7 Å². The molecule has 2 heterocycles. The van der Waals surface area contributed by atoms with Gasteiger partial charge in [0, 0.05) is 22.7 Å². The molecular formula is C38H64N8O7S. The smallest absolute Gasteiger partial charge is 0.407 e. The number of aromatic nitrogens is 3. The van der Waals surface area contributed by atoms with Crippen molar-refractivity contribution in [3.8, 4) is 0 Å². The minimum atomic E-state index is -1.21. The van der Waals surface area contributed by atoms with E-state index in [-0.39, 0.29) is 37.3 Å². The lowest BCUT2D eigenvalue weighted by molar-refractivity contribution is -0.133. The summed E-state index contributed by atoms with van der Waals surface area (Å²) in [6, 6.07) is -0.890.